The Hall–Kier alpha value is -1.14. The lowest BCUT2D eigenvalue weighted by atomic mass is 10.1. The van der Waals surface area contributed by atoms with Gasteiger partial charge in [0.25, 0.3) is 0 Å². The van der Waals surface area contributed by atoms with Crippen molar-refractivity contribution < 1.29 is 0 Å². The summed E-state index contributed by atoms with van der Waals surface area (Å²) in [5.41, 5.74) is 8.53. The Morgan fingerprint density at radius 3 is 3.00 bits per heavy atom. The molecular formula is C15H19BrN4S. The lowest BCUT2D eigenvalue weighted by molar-refractivity contribution is 0.456. The first kappa shape index (κ1) is 14.8. The van der Waals surface area contributed by atoms with Crippen molar-refractivity contribution in [1.82, 2.24) is 9.88 Å². The van der Waals surface area contributed by atoms with Crippen molar-refractivity contribution in [1.29, 1.82) is 0 Å². The molecule has 1 aliphatic heterocycles. The fourth-order valence-electron chi connectivity index (χ4n) is 2.54. The Morgan fingerprint density at radius 2 is 2.19 bits per heavy atom. The summed E-state index contributed by atoms with van der Waals surface area (Å²) in [6.07, 6.45) is 2.97. The van der Waals surface area contributed by atoms with Crippen molar-refractivity contribution in [3.8, 4) is 0 Å². The van der Waals surface area contributed by atoms with E-state index in [0.29, 0.717) is 5.96 Å². The zero-order valence-electron chi connectivity index (χ0n) is 11.8. The molecule has 3 rings (SSSR count). The molecule has 0 amide bonds. The number of nitrogens with zero attached hydrogens (tertiary/aromatic N) is 2. The normalized spacial score (nSPS) is 16.6. The molecule has 21 heavy (non-hydrogen) atoms. The fourth-order valence-corrected chi connectivity index (χ4v) is 3.81. The Morgan fingerprint density at radius 1 is 1.38 bits per heavy atom. The molecule has 0 saturated carbocycles. The molecule has 1 saturated heterocycles. The van der Waals surface area contributed by atoms with Crippen molar-refractivity contribution in [3.05, 3.63) is 34.4 Å². The van der Waals surface area contributed by atoms with Crippen LogP contribution in [0, 0.1) is 0 Å². The second-order valence-corrected chi connectivity index (χ2v) is 7.23. The minimum Gasteiger partial charge on any atom is -0.370 e. The van der Waals surface area contributed by atoms with Gasteiger partial charge in [0.15, 0.2) is 5.96 Å². The molecule has 1 aromatic heterocycles. The molecule has 1 aromatic carbocycles. The number of aromatic nitrogens is 1. The van der Waals surface area contributed by atoms with E-state index in [1.807, 2.05) is 17.8 Å². The van der Waals surface area contributed by atoms with Crippen LogP contribution in [0.4, 0.5) is 0 Å². The van der Waals surface area contributed by atoms with Gasteiger partial charge in [-0.2, -0.15) is 11.8 Å². The first-order valence-corrected chi connectivity index (χ1v) is 9.07. The first-order valence-electron chi connectivity index (χ1n) is 7.12. The molecule has 3 N–H and O–H groups in total. The van der Waals surface area contributed by atoms with Crippen LogP contribution in [0.25, 0.3) is 10.9 Å². The largest absolute Gasteiger partial charge is 0.370 e. The van der Waals surface area contributed by atoms with Crippen LogP contribution in [0.5, 0.6) is 0 Å². The number of nitrogens with two attached hydrogens (primary N) is 1. The van der Waals surface area contributed by atoms with E-state index in [0.717, 1.165) is 42.0 Å². The number of aromatic amines is 1. The highest BCUT2D eigenvalue weighted by Gasteiger charge is 2.12. The summed E-state index contributed by atoms with van der Waals surface area (Å²) in [5.74, 6) is 2.98. The number of benzene rings is 1. The van der Waals surface area contributed by atoms with Crippen LogP contribution < -0.4 is 5.73 Å². The van der Waals surface area contributed by atoms with Crippen molar-refractivity contribution in [2.75, 3.05) is 31.1 Å². The number of fused-ring (bicyclic) bond motifs is 1. The maximum atomic E-state index is 6.08. The van der Waals surface area contributed by atoms with Crippen LogP contribution in [0.1, 0.15) is 5.56 Å². The summed E-state index contributed by atoms with van der Waals surface area (Å²) >= 11 is 5.50. The molecule has 0 bridgehead atoms. The average Bonchev–Trinajstić information content (AvgIpc) is 2.90. The van der Waals surface area contributed by atoms with Gasteiger partial charge >= 0.3 is 0 Å². The van der Waals surface area contributed by atoms with E-state index in [1.165, 1.54) is 16.5 Å². The van der Waals surface area contributed by atoms with Gasteiger partial charge in [-0.1, -0.05) is 15.9 Å². The van der Waals surface area contributed by atoms with Crippen molar-refractivity contribution in [2.24, 2.45) is 10.7 Å². The molecule has 1 fully saturated rings. The first-order chi connectivity index (χ1) is 10.2. The van der Waals surface area contributed by atoms with E-state index in [2.05, 4.69) is 49.1 Å². The smallest absolute Gasteiger partial charge is 0.191 e. The number of hydrogen-bond donors (Lipinski definition) is 2. The zero-order chi connectivity index (χ0) is 14.7. The highest BCUT2D eigenvalue weighted by Crippen LogP contribution is 2.23. The Kier molecular flexibility index (Phi) is 4.75. The monoisotopic (exact) mass is 366 g/mol. The van der Waals surface area contributed by atoms with E-state index in [1.54, 1.807) is 0 Å². The number of rotatable bonds is 3. The van der Waals surface area contributed by atoms with E-state index >= 15 is 0 Å². The van der Waals surface area contributed by atoms with Crippen LogP contribution in [0.3, 0.4) is 0 Å². The molecule has 2 heterocycles. The highest BCUT2D eigenvalue weighted by atomic mass is 79.9. The molecule has 0 spiro atoms. The maximum absolute atomic E-state index is 6.08. The zero-order valence-corrected chi connectivity index (χ0v) is 14.2. The SMILES string of the molecule is NC(=NCCc1c[nH]c2ccc(Br)cc12)N1CCSCC1. The van der Waals surface area contributed by atoms with Crippen LogP contribution in [0.2, 0.25) is 0 Å². The third kappa shape index (κ3) is 3.55. The van der Waals surface area contributed by atoms with Crippen LogP contribution in [0.15, 0.2) is 33.9 Å². The topological polar surface area (TPSA) is 57.4 Å². The van der Waals surface area contributed by atoms with Crippen molar-refractivity contribution >= 4 is 44.6 Å². The summed E-state index contributed by atoms with van der Waals surface area (Å²) in [6, 6.07) is 6.29. The molecular weight excluding hydrogens is 348 g/mol. The molecule has 0 aliphatic carbocycles. The quantitative estimate of drug-likeness (QED) is 0.648. The fraction of sp³-hybridized carbons (Fsp3) is 0.400. The van der Waals surface area contributed by atoms with E-state index in [-0.39, 0.29) is 0 Å². The number of nitrogens with one attached hydrogen (secondary N) is 1. The van der Waals surface area contributed by atoms with Gasteiger partial charge < -0.3 is 15.6 Å². The number of thioether (sulfide) groups is 1. The molecule has 0 radical (unpaired) electrons. The third-order valence-electron chi connectivity index (χ3n) is 3.72. The lowest BCUT2D eigenvalue weighted by Crippen LogP contribution is -2.42. The second-order valence-electron chi connectivity index (χ2n) is 5.09. The van der Waals surface area contributed by atoms with Gasteiger partial charge in [0.05, 0.1) is 0 Å². The molecule has 0 atom stereocenters. The average molecular weight is 367 g/mol. The van der Waals surface area contributed by atoms with Gasteiger partial charge in [0.1, 0.15) is 0 Å². The minimum absolute atomic E-state index is 0.691. The van der Waals surface area contributed by atoms with Crippen LogP contribution >= 0.6 is 27.7 Å². The number of H-pyrrole nitrogens is 1. The Bertz CT molecular complexity index is 646. The molecule has 4 nitrogen and oxygen atoms in total. The summed E-state index contributed by atoms with van der Waals surface area (Å²) in [6.45, 7) is 2.76. The van der Waals surface area contributed by atoms with Gasteiger partial charge in [-0.25, -0.2) is 0 Å². The molecule has 6 heteroatoms. The van der Waals surface area contributed by atoms with Crippen molar-refractivity contribution in [3.63, 3.8) is 0 Å². The lowest BCUT2D eigenvalue weighted by Gasteiger charge is -2.27. The van der Waals surface area contributed by atoms with Gasteiger partial charge in [-0.15, -0.1) is 0 Å². The number of hydrogen-bond acceptors (Lipinski definition) is 2. The van der Waals surface area contributed by atoms with Gasteiger partial charge in [-0.3, -0.25) is 4.99 Å². The molecule has 2 aromatic rings. The Labute approximate surface area is 137 Å². The number of guanidine groups is 1. The van der Waals surface area contributed by atoms with Crippen LogP contribution in [-0.2, 0) is 6.42 Å². The molecule has 1 aliphatic rings. The minimum atomic E-state index is 0.691. The highest BCUT2D eigenvalue weighted by molar-refractivity contribution is 9.10. The summed E-state index contributed by atoms with van der Waals surface area (Å²) < 4.78 is 1.10. The third-order valence-corrected chi connectivity index (χ3v) is 5.16. The van der Waals surface area contributed by atoms with Gasteiger partial charge in [-0.05, 0) is 30.2 Å². The van der Waals surface area contributed by atoms with E-state index in [9.17, 15) is 0 Å². The summed E-state index contributed by atoms with van der Waals surface area (Å²) in [4.78, 5) is 10.0. The van der Waals surface area contributed by atoms with Crippen molar-refractivity contribution in [2.45, 2.75) is 6.42 Å². The molecule has 0 unspecified atom stereocenters. The van der Waals surface area contributed by atoms with E-state index < -0.39 is 0 Å². The maximum Gasteiger partial charge on any atom is 0.191 e. The molecule has 112 valence electrons. The number of aliphatic imine (C=N–C) groups is 1. The second kappa shape index (κ2) is 6.75. The van der Waals surface area contributed by atoms with E-state index in [4.69, 9.17) is 5.73 Å². The van der Waals surface area contributed by atoms with Gasteiger partial charge in [0, 0.05) is 52.7 Å². The predicted octanol–water partition coefficient (Wildman–Crippen LogP) is 2.84. The van der Waals surface area contributed by atoms with Gasteiger partial charge in [0.2, 0.25) is 0 Å². The summed E-state index contributed by atoms with van der Waals surface area (Å²) in [7, 11) is 0. The Balaban J connectivity index is 1.64. The standard InChI is InChI=1S/C15H19BrN4S/c16-12-1-2-14-13(9-12)11(10-19-14)3-4-18-15(17)20-5-7-21-8-6-20/h1-2,9-10,19H,3-8H2,(H2,17,18). The summed E-state index contributed by atoms with van der Waals surface area (Å²) in [5, 5.41) is 1.26. The number of halogens is 1. The van der Waals surface area contributed by atoms with Crippen LogP contribution in [-0.4, -0.2) is 47.0 Å². The predicted molar refractivity (Wildman–Crippen MR) is 95.1 cm³/mol.